The van der Waals surface area contributed by atoms with Gasteiger partial charge in [-0.05, 0) is 40.2 Å². The Balaban J connectivity index is 1.96. The van der Waals surface area contributed by atoms with Gasteiger partial charge in [0.15, 0.2) is 0 Å². The smallest absolute Gasteiger partial charge is 0.410 e. The Morgan fingerprint density at radius 3 is 2.83 bits per heavy atom. The van der Waals surface area contributed by atoms with Crippen LogP contribution in [0.2, 0.25) is 0 Å². The predicted octanol–water partition coefficient (Wildman–Crippen LogP) is 0.968. The minimum atomic E-state index is -0.593. The SMILES string of the molecule is CC(C)(C)OC(=O)N1CCC2(O)CCNCC2C1. The number of hydrogen-bond acceptors (Lipinski definition) is 4. The molecule has 2 heterocycles. The molecule has 0 aromatic heterocycles. The number of hydrogen-bond donors (Lipinski definition) is 2. The van der Waals surface area contributed by atoms with E-state index in [1.165, 1.54) is 0 Å². The lowest BCUT2D eigenvalue weighted by atomic mass is 9.76. The molecule has 5 heteroatoms. The van der Waals surface area contributed by atoms with Gasteiger partial charge in [0.25, 0.3) is 0 Å². The van der Waals surface area contributed by atoms with Gasteiger partial charge in [0.1, 0.15) is 5.60 Å². The Morgan fingerprint density at radius 1 is 1.44 bits per heavy atom. The van der Waals surface area contributed by atoms with E-state index in [0.29, 0.717) is 19.5 Å². The molecule has 2 fully saturated rings. The van der Waals surface area contributed by atoms with Gasteiger partial charge in [0.2, 0.25) is 0 Å². The predicted molar refractivity (Wildman–Crippen MR) is 68.4 cm³/mol. The van der Waals surface area contributed by atoms with Crippen LogP contribution in [0, 0.1) is 5.92 Å². The van der Waals surface area contributed by atoms with Crippen LogP contribution in [-0.4, -0.2) is 53.5 Å². The minimum Gasteiger partial charge on any atom is -0.444 e. The first-order valence-corrected chi connectivity index (χ1v) is 6.71. The highest BCUT2D eigenvalue weighted by atomic mass is 16.6. The molecule has 2 aliphatic heterocycles. The fourth-order valence-corrected chi connectivity index (χ4v) is 2.72. The summed E-state index contributed by atoms with van der Waals surface area (Å²) in [6.07, 6.45) is 1.16. The molecule has 0 bridgehead atoms. The summed E-state index contributed by atoms with van der Waals surface area (Å²) in [5.41, 5.74) is -1.06. The maximum Gasteiger partial charge on any atom is 0.410 e. The number of nitrogens with one attached hydrogen (secondary N) is 1. The van der Waals surface area contributed by atoms with Crippen molar-refractivity contribution in [3.8, 4) is 0 Å². The number of ether oxygens (including phenoxy) is 1. The first kappa shape index (κ1) is 13.6. The quantitative estimate of drug-likeness (QED) is 0.678. The molecule has 0 aliphatic carbocycles. The second kappa shape index (κ2) is 4.70. The van der Waals surface area contributed by atoms with E-state index >= 15 is 0 Å². The van der Waals surface area contributed by atoms with Crippen molar-refractivity contribution in [2.45, 2.75) is 44.8 Å². The number of piperidine rings is 2. The highest BCUT2D eigenvalue weighted by Gasteiger charge is 2.44. The summed E-state index contributed by atoms with van der Waals surface area (Å²) in [5, 5.41) is 13.8. The molecular weight excluding hydrogens is 232 g/mol. The highest BCUT2D eigenvalue weighted by molar-refractivity contribution is 5.68. The first-order valence-electron chi connectivity index (χ1n) is 6.71. The molecule has 18 heavy (non-hydrogen) atoms. The zero-order valence-corrected chi connectivity index (χ0v) is 11.5. The van der Waals surface area contributed by atoms with Gasteiger partial charge < -0.3 is 20.1 Å². The van der Waals surface area contributed by atoms with E-state index in [9.17, 15) is 9.90 Å². The van der Waals surface area contributed by atoms with Gasteiger partial charge in [-0.2, -0.15) is 0 Å². The first-order chi connectivity index (χ1) is 8.30. The summed E-state index contributed by atoms with van der Waals surface area (Å²) in [6.45, 7) is 8.41. The lowest BCUT2D eigenvalue weighted by Gasteiger charge is -2.47. The number of nitrogens with zero attached hydrogens (tertiary/aromatic N) is 1. The van der Waals surface area contributed by atoms with Crippen LogP contribution in [0.1, 0.15) is 33.6 Å². The van der Waals surface area contributed by atoms with Gasteiger partial charge >= 0.3 is 6.09 Å². The van der Waals surface area contributed by atoms with E-state index in [0.717, 1.165) is 19.5 Å². The maximum absolute atomic E-state index is 12.0. The van der Waals surface area contributed by atoms with E-state index in [4.69, 9.17) is 4.74 Å². The molecule has 104 valence electrons. The number of carbonyl (C=O) groups is 1. The van der Waals surface area contributed by atoms with Crippen molar-refractivity contribution in [1.29, 1.82) is 0 Å². The van der Waals surface area contributed by atoms with Crippen molar-refractivity contribution >= 4 is 6.09 Å². The third kappa shape index (κ3) is 2.95. The maximum atomic E-state index is 12.0. The number of amides is 1. The molecule has 1 amide bonds. The van der Waals surface area contributed by atoms with Gasteiger partial charge in [-0.15, -0.1) is 0 Å². The average molecular weight is 256 g/mol. The van der Waals surface area contributed by atoms with Crippen molar-refractivity contribution in [3.63, 3.8) is 0 Å². The average Bonchev–Trinajstić information content (AvgIpc) is 2.25. The summed E-state index contributed by atoms with van der Waals surface area (Å²) in [4.78, 5) is 13.7. The van der Waals surface area contributed by atoms with Crippen LogP contribution in [0.25, 0.3) is 0 Å². The molecule has 0 spiro atoms. The topological polar surface area (TPSA) is 61.8 Å². The minimum absolute atomic E-state index is 0.118. The molecule has 0 aromatic carbocycles. The van der Waals surface area contributed by atoms with Crippen molar-refractivity contribution in [3.05, 3.63) is 0 Å². The molecule has 0 radical (unpaired) electrons. The molecule has 0 saturated carbocycles. The summed E-state index contributed by atoms with van der Waals surface area (Å²) < 4.78 is 5.37. The molecule has 5 nitrogen and oxygen atoms in total. The normalized spacial score (nSPS) is 32.9. The number of rotatable bonds is 0. The van der Waals surface area contributed by atoms with Crippen LogP contribution < -0.4 is 5.32 Å². The van der Waals surface area contributed by atoms with Crippen LogP contribution in [-0.2, 0) is 4.74 Å². The van der Waals surface area contributed by atoms with Gasteiger partial charge in [0, 0.05) is 25.6 Å². The van der Waals surface area contributed by atoms with E-state index in [2.05, 4.69) is 5.32 Å². The molecule has 2 N–H and O–H groups in total. The zero-order chi connectivity index (χ0) is 13.4. The van der Waals surface area contributed by atoms with E-state index < -0.39 is 11.2 Å². The molecule has 2 atom stereocenters. The van der Waals surface area contributed by atoms with Gasteiger partial charge in [-0.3, -0.25) is 0 Å². The van der Waals surface area contributed by atoms with E-state index in [-0.39, 0.29) is 12.0 Å². The summed E-state index contributed by atoms with van der Waals surface area (Å²) >= 11 is 0. The van der Waals surface area contributed by atoms with Crippen LogP contribution in [0.15, 0.2) is 0 Å². The summed E-state index contributed by atoms with van der Waals surface area (Å²) in [7, 11) is 0. The second-order valence-electron chi connectivity index (χ2n) is 6.43. The lowest BCUT2D eigenvalue weighted by Crippen LogP contribution is -2.60. The third-order valence-corrected chi connectivity index (χ3v) is 3.79. The van der Waals surface area contributed by atoms with Gasteiger partial charge in [-0.25, -0.2) is 4.79 Å². The summed E-state index contributed by atoms with van der Waals surface area (Å²) in [6, 6.07) is 0. The molecule has 2 rings (SSSR count). The Morgan fingerprint density at radius 2 is 2.17 bits per heavy atom. The van der Waals surface area contributed by atoms with Crippen LogP contribution >= 0.6 is 0 Å². The Hall–Kier alpha value is -0.810. The number of likely N-dealkylation sites (tertiary alicyclic amines) is 1. The van der Waals surface area contributed by atoms with E-state index in [1.54, 1.807) is 4.90 Å². The second-order valence-corrected chi connectivity index (χ2v) is 6.43. The molecule has 0 aromatic rings. The standard InChI is InChI=1S/C13H24N2O3/c1-12(2,3)18-11(16)15-7-5-13(17)4-6-14-8-10(13)9-15/h10,14,17H,4-9H2,1-3H3. The van der Waals surface area contributed by atoms with Crippen molar-refractivity contribution in [1.82, 2.24) is 10.2 Å². The fraction of sp³-hybridized carbons (Fsp3) is 0.923. The van der Waals surface area contributed by atoms with Crippen molar-refractivity contribution < 1.29 is 14.6 Å². The fourth-order valence-electron chi connectivity index (χ4n) is 2.72. The van der Waals surface area contributed by atoms with Gasteiger partial charge in [0.05, 0.1) is 5.60 Å². The van der Waals surface area contributed by atoms with Crippen LogP contribution in [0.5, 0.6) is 0 Å². The Bertz CT molecular complexity index is 327. The van der Waals surface area contributed by atoms with Crippen LogP contribution in [0.4, 0.5) is 4.79 Å². The molecular formula is C13H24N2O3. The van der Waals surface area contributed by atoms with Crippen molar-refractivity contribution in [2.24, 2.45) is 5.92 Å². The van der Waals surface area contributed by atoms with Crippen LogP contribution in [0.3, 0.4) is 0 Å². The monoisotopic (exact) mass is 256 g/mol. The Labute approximate surface area is 108 Å². The lowest BCUT2D eigenvalue weighted by molar-refractivity contribution is -0.0888. The summed E-state index contributed by atoms with van der Waals surface area (Å²) in [5.74, 6) is 0.118. The zero-order valence-electron chi connectivity index (χ0n) is 11.5. The largest absolute Gasteiger partial charge is 0.444 e. The van der Waals surface area contributed by atoms with E-state index in [1.807, 2.05) is 20.8 Å². The Kier molecular flexibility index (Phi) is 3.56. The van der Waals surface area contributed by atoms with Gasteiger partial charge in [-0.1, -0.05) is 0 Å². The number of fused-ring (bicyclic) bond motifs is 1. The van der Waals surface area contributed by atoms with Crippen molar-refractivity contribution in [2.75, 3.05) is 26.2 Å². The molecule has 2 saturated heterocycles. The third-order valence-electron chi connectivity index (χ3n) is 3.79. The highest BCUT2D eigenvalue weighted by Crippen LogP contribution is 2.33. The number of carbonyl (C=O) groups excluding carboxylic acids is 1. The molecule has 2 aliphatic rings. The molecule has 2 unspecified atom stereocenters. The number of aliphatic hydroxyl groups is 1.